The number of nitrogens with two attached hydrogens (primary N) is 1. The van der Waals surface area contributed by atoms with Crippen LogP contribution in [0.2, 0.25) is 0 Å². The molecule has 0 aliphatic heterocycles. The number of nitrogens with one attached hydrogen (secondary N) is 2. The first-order chi connectivity index (χ1) is 13.2. The molecule has 0 aliphatic rings. The minimum Gasteiger partial charge on any atom is -0.495 e. The lowest BCUT2D eigenvalue weighted by molar-refractivity contribution is -0.113. The van der Waals surface area contributed by atoms with Gasteiger partial charge in [-0.1, -0.05) is 23.9 Å². The molecule has 1 amide bonds. The standard InChI is InChI=1S/C16H17N7O3S/c1-25-13-7-3-2-6-12(13)19-14(24)10-27-16-22-21-15(23(16)17)20-18-9-11-5-4-8-26-11/h2-9H,10,17H2,1H3,(H,19,24)(H,20,21)/b18-9+. The Morgan fingerprint density at radius 1 is 1.37 bits per heavy atom. The van der Waals surface area contributed by atoms with Crippen LogP contribution in [0.15, 0.2) is 57.3 Å². The largest absolute Gasteiger partial charge is 0.495 e. The summed E-state index contributed by atoms with van der Waals surface area (Å²) in [4.78, 5) is 12.1. The lowest BCUT2D eigenvalue weighted by atomic mass is 10.3. The number of thioether (sulfide) groups is 1. The highest BCUT2D eigenvalue weighted by Crippen LogP contribution is 2.24. The number of furan rings is 1. The number of benzene rings is 1. The molecule has 3 aromatic rings. The molecule has 0 saturated carbocycles. The van der Waals surface area contributed by atoms with Crippen LogP contribution in [-0.4, -0.2) is 39.9 Å². The molecule has 3 rings (SSSR count). The van der Waals surface area contributed by atoms with Crippen molar-refractivity contribution in [3.63, 3.8) is 0 Å². The van der Waals surface area contributed by atoms with Crippen LogP contribution in [0.25, 0.3) is 0 Å². The highest BCUT2D eigenvalue weighted by molar-refractivity contribution is 7.99. The number of methoxy groups -OCH3 is 1. The van der Waals surface area contributed by atoms with Crippen LogP contribution >= 0.6 is 11.8 Å². The molecule has 0 fully saturated rings. The summed E-state index contributed by atoms with van der Waals surface area (Å²) in [5.41, 5.74) is 3.25. The van der Waals surface area contributed by atoms with E-state index in [0.717, 1.165) is 11.8 Å². The van der Waals surface area contributed by atoms with E-state index in [1.165, 1.54) is 17.2 Å². The van der Waals surface area contributed by atoms with Gasteiger partial charge in [-0.2, -0.15) is 5.10 Å². The van der Waals surface area contributed by atoms with E-state index in [1.807, 2.05) is 12.1 Å². The van der Waals surface area contributed by atoms with Gasteiger partial charge < -0.3 is 20.3 Å². The lowest BCUT2D eigenvalue weighted by Crippen LogP contribution is -2.17. The molecule has 2 aromatic heterocycles. The van der Waals surface area contributed by atoms with Gasteiger partial charge in [-0.05, 0) is 24.3 Å². The van der Waals surface area contributed by atoms with Gasteiger partial charge in [-0.3, -0.25) is 4.79 Å². The number of amides is 1. The van der Waals surface area contributed by atoms with Crippen molar-refractivity contribution >= 4 is 35.5 Å². The van der Waals surface area contributed by atoms with Gasteiger partial charge in [0.15, 0.2) is 0 Å². The van der Waals surface area contributed by atoms with Crippen molar-refractivity contribution in [3.8, 4) is 5.75 Å². The third-order valence-electron chi connectivity index (χ3n) is 3.28. The first-order valence-corrected chi connectivity index (χ1v) is 8.74. The van der Waals surface area contributed by atoms with E-state index in [0.29, 0.717) is 22.4 Å². The highest BCUT2D eigenvalue weighted by atomic mass is 32.2. The number of nitrogens with zero attached hydrogens (tertiary/aromatic N) is 4. The zero-order valence-corrected chi connectivity index (χ0v) is 15.1. The Morgan fingerprint density at radius 3 is 3.00 bits per heavy atom. The molecule has 10 nitrogen and oxygen atoms in total. The molecule has 140 valence electrons. The molecular weight excluding hydrogens is 370 g/mol. The number of anilines is 2. The molecule has 0 bridgehead atoms. The van der Waals surface area contributed by atoms with Crippen molar-refractivity contribution < 1.29 is 13.9 Å². The summed E-state index contributed by atoms with van der Waals surface area (Å²) in [5.74, 6) is 7.17. The lowest BCUT2D eigenvalue weighted by Gasteiger charge is -2.09. The monoisotopic (exact) mass is 387 g/mol. The first kappa shape index (κ1) is 18.3. The van der Waals surface area contributed by atoms with Crippen molar-refractivity contribution in [1.29, 1.82) is 0 Å². The fourth-order valence-electron chi connectivity index (χ4n) is 2.03. The fraction of sp³-hybridized carbons (Fsp3) is 0.125. The molecule has 11 heteroatoms. The topological polar surface area (TPSA) is 133 Å². The molecule has 2 heterocycles. The van der Waals surface area contributed by atoms with Crippen LogP contribution < -0.4 is 21.3 Å². The molecule has 0 atom stereocenters. The molecule has 0 spiro atoms. The number of nitrogen functional groups attached to an aromatic ring is 1. The first-order valence-electron chi connectivity index (χ1n) is 7.76. The molecule has 27 heavy (non-hydrogen) atoms. The Hall–Kier alpha value is -3.47. The Labute approximate surface area is 158 Å². The van der Waals surface area contributed by atoms with E-state index in [4.69, 9.17) is 15.0 Å². The predicted molar refractivity (Wildman–Crippen MR) is 102 cm³/mol. The molecule has 4 N–H and O–H groups in total. The van der Waals surface area contributed by atoms with Gasteiger partial charge in [0.05, 0.1) is 31.0 Å². The molecule has 0 radical (unpaired) electrons. The number of hydrazone groups is 1. The number of hydrogen-bond acceptors (Lipinski definition) is 9. The summed E-state index contributed by atoms with van der Waals surface area (Å²) < 4.78 is 11.5. The van der Waals surface area contributed by atoms with E-state index in [-0.39, 0.29) is 17.6 Å². The number of para-hydroxylation sites is 2. The van der Waals surface area contributed by atoms with Gasteiger partial charge in [-0.15, -0.1) is 10.2 Å². The summed E-state index contributed by atoms with van der Waals surface area (Å²) in [6.45, 7) is 0. The molecular formula is C16H17N7O3S. The summed E-state index contributed by atoms with van der Waals surface area (Å²) in [6.07, 6.45) is 3.01. The van der Waals surface area contributed by atoms with Gasteiger partial charge in [0.1, 0.15) is 11.5 Å². The highest BCUT2D eigenvalue weighted by Gasteiger charge is 2.13. The average molecular weight is 387 g/mol. The molecule has 0 unspecified atom stereocenters. The Bertz CT molecular complexity index is 924. The Balaban J connectivity index is 1.53. The predicted octanol–water partition coefficient (Wildman–Crippen LogP) is 1.77. The fourth-order valence-corrected chi connectivity index (χ4v) is 2.69. The smallest absolute Gasteiger partial charge is 0.264 e. The van der Waals surface area contributed by atoms with Crippen LogP contribution in [0.5, 0.6) is 5.75 Å². The second kappa shape index (κ2) is 8.76. The van der Waals surface area contributed by atoms with Crippen LogP contribution in [0.4, 0.5) is 11.6 Å². The minimum absolute atomic E-state index is 0.100. The van der Waals surface area contributed by atoms with Crippen LogP contribution in [0.3, 0.4) is 0 Å². The summed E-state index contributed by atoms with van der Waals surface area (Å²) in [7, 11) is 1.54. The van der Waals surface area contributed by atoms with Crippen molar-refractivity contribution in [2.45, 2.75) is 5.16 Å². The number of carbonyl (C=O) groups excluding carboxylic acids is 1. The quantitative estimate of drug-likeness (QED) is 0.230. The number of carbonyl (C=O) groups is 1. The van der Waals surface area contributed by atoms with Crippen molar-refractivity contribution in [2.24, 2.45) is 5.10 Å². The van der Waals surface area contributed by atoms with Gasteiger partial charge in [0.2, 0.25) is 11.1 Å². The molecule has 0 saturated heterocycles. The van der Waals surface area contributed by atoms with E-state index in [9.17, 15) is 4.79 Å². The normalized spacial score (nSPS) is 10.9. The maximum atomic E-state index is 12.1. The van der Waals surface area contributed by atoms with Gasteiger partial charge in [-0.25, -0.2) is 10.1 Å². The second-order valence-electron chi connectivity index (χ2n) is 5.10. The number of rotatable bonds is 8. The maximum Gasteiger partial charge on any atom is 0.264 e. The average Bonchev–Trinajstić information content (AvgIpc) is 3.31. The summed E-state index contributed by atoms with van der Waals surface area (Å²) >= 11 is 1.14. The van der Waals surface area contributed by atoms with Crippen LogP contribution in [0.1, 0.15) is 5.76 Å². The molecule has 1 aromatic carbocycles. The van der Waals surface area contributed by atoms with E-state index in [2.05, 4.69) is 26.0 Å². The van der Waals surface area contributed by atoms with Gasteiger partial charge in [0.25, 0.3) is 5.95 Å². The number of aromatic nitrogens is 3. The zero-order valence-electron chi connectivity index (χ0n) is 14.3. The van der Waals surface area contributed by atoms with Crippen LogP contribution in [0, 0.1) is 0 Å². The molecule has 0 aliphatic carbocycles. The van der Waals surface area contributed by atoms with Crippen molar-refractivity contribution in [1.82, 2.24) is 14.9 Å². The summed E-state index contributed by atoms with van der Waals surface area (Å²) in [6, 6.07) is 10.6. The van der Waals surface area contributed by atoms with Crippen molar-refractivity contribution in [2.75, 3.05) is 29.4 Å². The van der Waals surface area contributed by atoms with Crippen LogP contribution in [-0.2, 0) is 4.79 Å². The second-order valence-corrected chi connectivity index (χ2v) is 6.04. The Morgan fingerprint density at radius 2 is 2.22 bits per heavy atom. The summed E-state index contributed by atoms with van der Waals surface area (Å²) in [5, 5.41) is 14.9. The zero-order chi connectivity index (χ0) is 19.1. The number of ether oxygens (including phenoxy) is 1. The van der Waals surface area contributed by atoms with E-state index >= 15 is 0 Å². The SMILES string of the molecule is COc1ccccc1NC(=O)CSc1nnc(N/N=C/c2ccco2)n1N. The van der Waals surface area contributed by atoms with Gasteiger partial charge in [0, 0.05) is 0 Å². The van der Waals surface area contributed by atoms with E-state index < -0.39 is 0 Å². The third-order valence-corrected chi connectivity index (χ3v) is 4.22. The third kappa shape index (κ3) is 4.79. The maximum absolute atomic E-state index is 12.1. The van der Waals surface area contributed by atoms with Crippen molar-refractivity contribution in [3.05, 3.63) is 48.4 Å². The number of hydrogen-bond donors (Lipinski definition) is 3. The Kier molecular flexibility index (Phi) is 5.94. The van der Waals surface area contributed by atoms with E-state index in [1.54, 1.807) is 31.4 Å². The van der Waals surface area contributed by atoms with Gasteiger partial charge >= 0.3 is 0 Å². The minimum atomic E-state index is -0.224.